The molecule has 1 saturated heterocycles. The van der Waals surface area contributed by atoms with Gasteiger partial charge in [0.05, 0.1) is 0 Å². The van der Waals surface area contributed by atoms with Crippen LogP contribution >= 0.6 is 0 Å². The highest BCUT2D eigenvalue weighted by Gasteiger charge is 2.84. The molecule has 118 valence electrons. The van der Waals surface area contributed by atoms with Crippen molar-refractivity contribution < 1.29 is 23.8 Å². The monoisotopic (exact) mass is 296 g/mol. The Morgan fingerprint density at radius 1 is 1.19 bits per heavy atom. The van der Waals surface area contributed by atoms with Crippen LogP contribution in [-0.4, -0.2) is 29.4 Å². The average Bonchev–Trinajstić information content (AvgIpc) is 2.85. The second-order valence-corrected chi connectivity index (χ2v) is 7.58. The Labute approximate surface area is 125 Å². The van der Waals surface area contributed by atoms with Gasteiger partial charge < -0.3 is 14.2 Å². The first kappa shape index (κ1) is 14.8. The van der Waals surface area contributed by atoms with Crippen molar-refractivity contribution >= 4 is 11.9 Å². The Morgan fingerprint density at radius 3 is 2.43 bits per heavy atom. The molecule has 3 aliphatic rings. The molecule has 0 unspecified atom stereocenters. The average molecular weight is 296 g/mol. The van der Waals surface area contributed by atoms with Gasteiger partial charge in [-0.2, -0.15) is 0 Å². The van der Waals surface area contributed by atoms with E-state index in [1.165, 1.54) is 13.8 Å². The molecule has 0 aromatic rings. The Bertz CT molecular complexity index is 499. The molecule has 0 radical (unpaired) electrons. The quantitative estimate of drug-likeness (QED) is 0.578. The Morgan fingerprint density at radius 2 is 1.86 bits per heavy atom. The molecule has 3 fully saturated rings. The van der Waals surface area contributed by atoms with Gasteiger partial charge in [0, 0.05) is 31.6 Å². The van der Waals surface area contributed by atoms with Gasteiger partial charge in [-0.1, -0.05) is 20.8 Å². The zero-order valence-electron chi connectivity index (χ0n) is 13.4. The minimum Gasteiger partial charge on any atom is -0.462 e. The number of ether oxygens (including phenoxy) is 3. The van der Waals surface area contributed by atoms with E-state index in [0.29, 0.717) is 5.92 Å². The smallest absolute Gasteiger partial charge is 0.305 e. The molecule has 5 heteroatoms. The summed E-state index contributed by atoms with van der Waals surface area (Å²) in [7, 11) is 0. The lowest BCUT2D eigenvalue weighted by Gasteiger charge is -2.36. The first-order valence-corrected chi connectivity index (χ1v) is 7.70. The zero-order chi connectivity index (χ0) is 15.6. The summed E-state index contributed by atoms with van der Waals surface area (Å²) < 4.78 is 17.3. The van der Waals surface area contributed by atoms with Gasteiger partial charge in [-0.3, -0.25) is 9.59 Å². The molecule has 0 bridgehead atoms. The molecule has 0 N–H and O–H groups in total. The van der Waals surface area contributed by atoms with Gasteiger partial charge >= 0.3 is 11.9 Å². The fourth-order valence-corrected chi connectivity index (χ4v) is 4.81. The van der Waals surface area contributed by atoms with Gasteiger partial charge in [0.1, 0.15) is 11.7 Å². The van der Waals surface area contributed by atoms with Gasteiger partial charge in [-0.05, 0) is 18.8 Å². The standard InChI is InChI=1S/C16H24O5/c1-9-6-7-16(20-11(3)18)15(21-16)8-14(4,5)13(12(9)15)19-10(2)17/h9,12-13H,6-8H2,1-5H3/t9-,12-,13+,15-,16+/m1/s1. The van der Waals surface area contributed by atoms with Crippen molar-refractivity contribution in [3.05, 3.63) is 0 Å². The van der Waals surface area contributed by atoms with Crippen molar-refractivity contribution in [2.75, 3.05) is 0 Å². The predicted molar refractivity (Wildman–Crippen MR) is 74.2 cm³/mol. The molecule has 0 aromatic heterocycles. The first-order chi connectivity index (χ1) is 9.64. The third kappa shape index (κ3) is 1.93. The van der Waals surface area contributed by atoms with Crippen LogP contribution in [0.4, 0.5) is 0 Å². The second kappa shape index (κ2) is 4.22. The minimum atomic E-state index is -0.790. The van der Waals surface area contributed by atoms with Gasteiger partial charge in [0.25, 0.3) is 0 Å². The highest BCUT2D eigenvalue weighted by Crippen LogP contribution is 2.72. The number of carbonyl (C=O) groups is 2. The van der Waals surface area contributed by atoms with Crippen LogP contribution in [0.5, 0.6) is 0 Å². The van der Waals surface area contributed by atoms with E-state index in [1.54, 1.807) is 0 Å². The van der Waals surface area contributed by atoms with E-state index in [9.17, 15) is 9.59 Å². The van der Waals surface area contributed by atoms with Crippen LogP contribution in [0.1, 0.15) is 53.9 Å². The molecule has 3 rings (SSSR count). The third-order valence-corrected chi connectivity index (χ3v) is 5.45. The van der Waals surface area contributed by atoms with Crippen molar-refractivity contribution in [2.24, 2.45) is 17.3 Å². The molecule has 5 nitrogen and oxygen atoms in total. The SMILES string of the molecule is CC(=O)O[C@H]1[C@H]2[C@H](C)CC[C@]3(OC(C)=O)O[C@]23CC1(C)C. The predicted octanol–water partition coefficient (Wildman–Crippen LogP) is 2.42. The zero-order valence-corrected chi connectivity index (χ0v) is 13.4. The van der Waals surface area contributed by atoms with Crippen LogP contribution in [0, 0.1) is 17.3 Å². The summed E-state index contributed by atoms with van der Waals surface area (Å²) in [6, 6.07) is 0. The molecular formula is C16H24O5. The Balaban J connectivity index is 1.96. The number of epoxide rings is 1. The van der Waals surface area contributed by atoms with E-state index in [0.717, 1.165) is 19.3 Å². The molecule has 1 aliphatic heterocycles. The second-order valence-electron chi connectivity index (χ2n) is 7.58. The summed E-state index contributed by atoms with van der Waals surface area (Å²) in [5, 5.41) is 0. The van der Waals surface area contributed by atoms with Gasteiger partial charge in [-0.15, -0.1) is 0 Å². The van der Waals surface area contributed by atoms with Crippen LogP contribution in [0.2, 0.25) is 0 Å². The Hall–Kier alpha value is -1.10. The number of esters is 2. The van der Waals surface area contributed by atoms with Crippen LogP contribution in [0.3, 0.4) is 0 Å². The van der Waals surface area contributed by atoms with Crippen LogP contribution in [0.15, 0.2) is 0 Å². The Kier molecular flexibility index (Phi) is 2.98. The van der Waals surface area contributed by atoms with E-state index < -0.39 is 11.4 Å². The lowest BCUT2D eigenvalue weighted by Crippen LogP contribution is -2.45. The lowest BCUT2D eigenvalue weighted by atomic mass is 9.72. The molecule has 2 aliphatic carbocycles. The van der Waals surface area contributed by atoms with E-state index >= 15 is 0 Å². The highest BCUT2D eigenvalue weighted by molar-refractivity contribution is 5.67. The first-order valence-electron chi connectivity index (χ1n) is 7.70. The maximum Gasteiger partial charge on any atom is 0.305 e. The summed E-state index contributed by atoms with van der Waals surface area (Å²) in [6.07, 6.45) is 2.20. The van der Waals surface area contributed by atoms with E-state index in [4.69, 9.17) is 14.2 Å². The molecule has 5 atom stereocenters. The van der Waals surface area contributed by atoms with Crippen molar-refractivity contribution in [1.29, 1.82) is 0 Å². The highest BCUT2D eigenvalue weighted by atomic mass is 16.8. The molecule has 21 heavy (non-hydrogen) atoms. The van der Waals surface area contributed by atoms with Crippen molar-refractivity contribution in [1.82, 2.24) is 0 Å². The summed E-state index contributed by atoms with van der Waals surface area (Å²) in [6.45, 7) is 9.23. The molecule has 0 aromatic carbocycles. The van der Waals surface area contributed by atoms with Crippen molar-refractivity contribution in [3.8, 4) is 0 Å². The minimum absolute atomic E-state index is 0.0875. The number of carbonyl (C=O) groups excluding carboxylic acids is 2. The lowest BCUT2D eigenvalue weighted by molar-refractivity contribution is -0.162. The van der Waals surface area contributed by atoms with E-state index in [1.807, 2.05) is 0 Å². The van der Waals surface area contributed by atoms with E-state index in [2.05, 4.69) is 20.8 Å². The number of hydrogen-bond acceptors (Lipinski definition) is 5. The van der Waals surface area contributed by atoms with Gasteiger partial charge in [0.2, 0.25) is 5.79 Å². The summed E-state index contributed by atoms with van der Waals surface area (Å²) >= 11 is 0. The van der Waals surface area contributed by atoms with Crippen molar-refractivity contribution in [2.45, 2.75) is 71.4 Å². The number of rotatable bonds is 2. The largest absolute Gasteiger partial charge is 0.462 e. The fraction of sp³-hybridized carbons (Fsp3) is 0.875. The molecule has 0 amide bonds. The maximum absolute atomic E-state index is 11.5. The molecular weight excluding hydrogens is 272 g/mol. The van der Waals surface area contributed by atoms with Crippen LogP contribution in [0.25, 0.3) is 0 Å². The molecule has 1 spiro atoms. The van der Waals surface area contributed by atoms with Gasteiger partial charge in [0.15, 0.2) is 0 Å². The van der Waals surface area contributed by atoms with Crippen LogP contribution in [-0.2, 0) is 23.8 Å². The summed E-state index contributed by atoms with van der Waals surface area (Å²) in [5.74, 6) is -0.898. The molecule has 1 heterocycles. The summed E-state index contributed by atoms with van der Waals surface area (Å²) in [4.78, 5) is 22.9. The molecule has 2 saturated carbocycles. The fourth-order valence-electron chi connectivity index (χ4n) is 4.81. The van der Waals surface area contributed by atoms with E-state index in [-0.39, 0.29) is 29.4 Å². The van der Waals surface area contributed by atoms with Crippen LogP contribution < -0.4 is 0 Å². The van der Waals surface area contributed by atoms with Gasteiger partial charge in [-0.25, -0.2) is 0 Å². The normalized spacial score (nSPS) is 46.2. The van der Waals surface area contributed by atoms with Crippen molar-refractivity contribution in [3.63, 3.8) is 0 Å². The number of hydrogen-bond donors (Lipinski definition) is 0. The topological polar surface area (TPSA) is 65.1 Å². The third-order valence-electron chi connectivity index (χ3n) is 5.45. The summed E-state index contributed by atoms with van der Waals surface area (Å²) in [5.41, 5.74) is -0.656. The maximum atomic E-state index is 11.5.